The number of nitrogens with zero attached hydrogens (tertiary/aromatic N) is 3. The van der Waals surface area contributed by atoms with Crippen molar-refractivity contribution in [1.82, 2.24) is 9.80 Å². The Balaban J connectivity index is 1.34. The van der Waals surface area contributed by atoms with Gasteiger partial charge in [0.25, 0.3) is 5.91 Å². The molecule has 0 saturated carbocycles. The van der Waals surface area contributed by atoms with Gasteiger partial charge in [0.2, 0.25) is 5.75 Å². The summed E-state index contributed by atoms with van der Waals surface area (Å²) in [5.41, 5.74) is 0.346. The van der Waals surface area contributed by atoms with Crippen molar-refractivity contribution in [2.24, 2.45) is 0 Å². The summed E-state index contributed by atoms with van der Waals surface area (Å²) in [6.45, 7) is 4.83. The van der Waals surface area contributed by atoms with Gasteiger partial charge in [-0.15, -0.1) is 0 Å². The molecule has 2 heterocycles. The van der Waals surface area contributed by atoms with E-state index < -0.39 is 4.92 Å². The Morgan fingerprint density at radius 1 is 1.16 bits per heavy atom. The molecule has 0 bridgehead atoms. The normalized spacial score (nSPS) is 19.4. The number of benzene rings is 2. The van der Waals surface area contributed by atoms with Crippen LogP contribution in [0.2, 0.25) is 5.02 Å². The van der Waals surface area contributed by atoms with Gasteiger partial charge in [0.15, 0.2) is 0 Å². The summed E-state index contributed by atoms with van der Waals surface area (Å²) >= 11 is 5.83. The summed E-state index contributed by atoms with van der Waals surface area (Å²) in [4.78, 5) is 27.7. The van der Waals surface area contributed by atoms with E-state index in [1.165, 1.54) is 18.2 Å². The molecular weight excluding hydrogens is 422 g/mol. The molecule has 0 aromatic heterocycles. The number of ether oxygens (including phenoxy) is 2. The lowest BCUT2D eigenvalue weighted by Crippen LogP contribution is -2.50. The van der Waals surface area contributed by atoms with Crippen molar-refractivity contribution in [2.45, 2.75) is 18.9 Å². The number of carbonyl (C=O) groups excluding carboxylic acids is 1. The lowest BCUT2D eigenvalue weighted by molar-refractivity contribution is -0.385. The summed E-state index contributed by atoms with van der Waals surface area (Å²) in [7, 11) is 0. The molecule has 9 heteroatoms. The van der Waals surface area contributed by atoms with E-state index in [9.17, 15) is 14.9 Å². The lowest BCUT2D eigenvalue weighted by atomic mass is 10.1. The number of rotatable bonds is 6. The van der Waals surface area contributed by atoms with Crippen LogP contribution < -0.4 is 4.74 Å². The Hall–Kier alpha value is -2.68. The lowest BCUT2D eigenvalue weighted by Gasteiger charge is -2.35. The number of piperazine rings is 1. The van der Waals surface area contributed by atoms with Crippen LogP contribution in [0.3, 0.4) is 0 Å². The first-order valence-corrected chi connectivity index (χ1v) is 10.7. The summed E-state index contributed by atoms with van der Waals surface area (Å²) in [5, 5.41) is 11.5. The third-order valence-corrected chi connectivity index (χ3v) is 5.83. The maximum Gasteiger partial charge on any atom is 0.313 e. The average molecular weight is 446 g/mol. The van der Waals surface area contributed by atoms with Crippen LogP contribution in [0.1, 0.15) is 23.2 Å². The molecular formula is C22H24ClN3O5. The minimum Gasteiger partial charge on any atom is -0.450 e. The Kier molecular flexibility index (Phi) is 6.70. The summed E-state index contributed by atoms with van der Waals surface area (Å²) in [6.07, 6.45) is 2.58. The van der Waals surface area contributed by atoms with E-state index in [-0.39, 0.29) is 22.4 Å². The fourth-order valence-corrected chi connectivity index (χ4v) is 4.07. The van der Waals surface area contributed by atoms with Crippen LogP contribution in [0.5, 0.6) is 11.5 Å². The molecule has 31 heavy (non-hydrogen) atoms. The molecule has 164 valence electrons. The third-order valence-electron chi connectivity index (χ3n) is 5.59. The molecule has 8 nitrogen and oxygen atoms in total. The SMILES string of the molecule is O=C(c1ccc(Oc2ccc(Cl)cc2[N+](=O)[O-])cc1)N1CCN(CC2CCCO2)CC1. The van der Waals surface area contributed by atoms with Crippen LogP contribution >= 0.6 is 11.6 Å². The molecule has 1 atom stereocenters. The van der Waals surface area contributed by atoms with E-state index in [4.69, 9.17) is 21.1 Å². The van der Waals surface area contributed by atoms with Crippen LogP contribution in [-0.4, -0.2) is 66.1 Å². The molecule has 1 unspecified atom stereocenters. The fourth-order valence-electron chi connectivity index (χ4n) is 3.90. The average Bonchev–Trinajstić information content (AvgIpc) is 3.28. The summed E-state index contributed by atoms with van der Waals surface area (Å²) in [5.74, 6) is 0.472. The highest BCUT2D eigenvalue weighted by molar-refractivity contribution is 6.30. The van der Waals surface area contributed by atoms with Crippen molar-refractivity contribution in [1.29, 1.82) is 0 Å². The molecule has 0 aliphatic carbocycles. The monoisotopic (exact) mass is 445 g/mol. The molecule has 2 aliphatic rings. The molecule has 0 N–H and O–H groups in total. The van der Waals surface area contributed by atoms with Crippen molar-refractivity contribution >= 4 is 23.2 Å². The van der Waals surface area contributed by atoms with Crippen molar-refractivity contribution in [3.05, 3.63) is 63.2 Å². The zero-order valence-electron chi connectivity index (χ0n) is 17.0. The van der Waals surface area contributed by atoms with Crippen LogP contribution in [0.4, 0.5) is 5.69 Å². The van der Waals surface area contributed by atoms with Gasteiger partial charge in [0.1, 0.15) is 5.75 Å². The Morgan fingerprint density at radius 2 is 1.90 bits per heavy atom. The van der Waals surface area contributed by atoms with Gasteiger partial charge in [0.05, 0.1) is 11.0 Å². The molecule has 2 aliphatic heterocycles. The van der Waals surface area contributed by atoms with E-state index in [0.717, 1.165) is 39.1 Å². The van der Waals surface area contributed by atoms with Gasteiger partial charge in [-0.25, -0.2) is 0 Å². The van der Waals surface area contributed by atoms with Crippen molar-refractivity contribution in [2.75, 3.05) is 39.3 Å². The van der Waals surface area contributed by atoms with Gasteiger partial charge in [-0.1, -0.05) is 11.6 Å². The van der Waals surface area contributed by atoms with Gasteiger partial charge in [0, 0.05) is 56.0 Å². The molecule has 2 fully saturated rings. The Bertz CT molecular complexity index is 939. The molecule has 0 spiro atoms. The number of nitro benzene ring substituents is 1. The minimum absolute atomic E-state index is 0.0270. The van der Waals surface area contributed by atoms with Crippen LogP contribution in [0, 0.1) is 10.1 Å². The van der Waals surface area contributed by atoms with Crippen molar-refractivity contribution in [3.63, 3.8) is 0 Å². The third kappa shape index (κ3) is 5.33. The number of nitro groups is 1. The number of hydrogen-bond acceptors (Lipinski definition) is 6. The van der Waals surface area contributed by atoms with E-state index in [2.05, 4.69) is 4.90 Å². The van der Waals surface area contributed by atoms with E-state index in [1.807, 2.05) is 4.90 Å². The Morgan fingerprint density at radius 3 is 2.55 bits per heavy atom. The van der Waals surface area contributed by atoms with Crippen molar-refractivity contribution in [3.8, 4) is 11.5 Å². The first kappa shape index (κ1) is 21.5. The van der Waals surface area contributed by atoms with Gasteiger partial charge in [-0.3, -0.25) is 19.8 Å². The summed E-state index contributed by atoms with van der Waals surface area (Å²) < 4.78 is 11.3. The van der Waals surface area contributed by atoms with Gasteiger partial charge in [-0.05, 0) is 49.2 Å². The highest BCUT2D eigenvalue weighted by Gasteiger charge is 2.25. The van der Waals surface area contributed by atoms with E-state index >= 15 is 0 Å². The highest BCUT2D eigenvalue weighted by atomic mass is 35.5. The van der Waals surface area contributed by atoms with Gasteiger partial charge >= 0.3 is 5.69 Å². The standard InChI is InChI=1S/C22H24ClN3O5/c23-17-5-8-21(20(14-17)26(28)29)31-18-6-3-16(4-7-18)22(27)25-11-9-24(10-12-25)15-19-2-1-13-30-19/h3-8,14,19H,1-2,9-13,15H2. The predicted octanol–water partition coefficient (Wildman–Crippen LogP) is 3.98. The summed E-state index contributed by atoms with van der Waals surface area (Å²) in [6, 6.07) is 10.9. The zero-order valence-corrected chi connectivity index (χ0v) is 17.8. The van der Waals surface area contributed by atoms with Gasteiger partial charge in [-0.2, -0.15) is 0 Å². The number of carbonyl (C=O) groups is 1. The number of halogens is 1. The van der Waals surface area contributed by atoms with Crippen molar-refractivity contribution < 1.29 is 19.2 Å². The maximum absolute atomic E-state index is 12.8. The first-order chi connectivity index (χ1) is 15.0. The largest absolute Gasteiger partial charge is 0.450 e. The molecule has 2 saturated heterocycles. The second kappa shape index (κ2) is 9.64. The molecule has 0 radical (unpaired) electrons. The Labute approximate surface area is 185 Å². The van der Waals surface area contributed by atoms with Gasteiger partial charge < -0.3 is 14.4 Å². The number of hydrogen-bond donors (Lipinski definition) is 0. The molecule has 2 aromatic carbocycles. The quantitative estimate of drug-likeness (QED) is 0.494. The molecule has 2 aromatic rings. The second-order valence-electron chi connectivity index (χ2n) is 7.72. The fraction of sp³-hybridized carbons (Fsp3) is 0.409. The predicted molar refractivity (Wildman–Crippen MR) is 116 cm³/mol. The van der Waals surface area contributed by atoms with Crippen LogP contribution in [0.25, 0.3) is 0 Å². The smallest absolute Gasteiger partial charge is 0.313 e. The minimum atomic E-state index is -0.544. The second-order valence-corrected chi connectivity index (χ2v) is 8.16. The molecule has 4 rings (SSSR count). The first-order valence-electron chi connectivity index (χ1n) is 10.3. The molecule has 1 amide bonds. The number of amides is 1. The van der Waals surface area contributed by atoms with Crippen LogP contribution in [-0.2, 0) is 4.74 Å². The highest BCUT2D eigenvalue weighted by Crippen LogP contribution is 2.33. The topological polar surface area (TPSA) is 85.1 Å². The maximum atomic E-state index is 12.8. The van der Waals surface area contributed by atoms with E-state index in [1.54, 1.807) is 24.3 Å². The van der Waals surface area contributed by atoms with E-state index in [0.29, 0.717) is 30.5 Å². The van der Waals surface area contributed by atoms with Crippen LogP contribution in [0.15, 0.2) is 42.5 Å². The zero-order chi connectivity index (χ0) is 21.8.